The van der Waals surface area contributed by atoms with Crippen molar-refractivity contribution >= 4 is 17.5 Å². The van der Waals surface area contributed by atoms with E-state index in [2.05, 4.69) is 15.3 Å². The largest absolute Gasteiger partial charge is 0.356 e. The zero-order valence-corrected chi connectivity index (χ0v) is 12.7. The van der Waals surface area contributed by atoms with E-state index in [0.717, 1.165) is 11.4 Å². The molecule has 2 aromatic heterocycles. The average Bonchev–Trinajstić information content (AvgIpc) is 3.14. The Morgan fingerprint density at radius 1 is 1.36 bits per heavy atom. The number of carbonyl (C=O) groups excluding carboxylic acids is 1. The van der Waals surface area contributed by atoms with Crippen LogP contribution in [0, 0.1) is 0 Å². The highest BCUT2D eigenvalue weighted by atomic mass is 35.5. The lowest BCUT2D eigenvalue weighted by Crippen LogP contribution is -2.31. The number of hydrogen-bond donors (Lipinski definition) is 2. The Bertz CT molecular complexity index is 778. The summed E-state index contributed by atoms with van der Waals surface area (Å²) < 4.78 is 1.89. The number of nitrogens with one attached hydrogen (secondary N) is 2. The van der Waals surface area contributed by atoms with Gasteiger partial charge in [0, 0.05) is 25.6 Å². The van der Waals surface area contributed by atoms with E-state index >= 15 is 0 Å². The number of amides is 1. The van der Waals surface area contributed by atoms with Crippen LogP contribution in [-0.2, 0) is 7.05 Å². The summed E-state index contributed by atoms with van der Waals surface area (Å²) in [5.41, 5.74) is 1.38. The molecule has 3 rings (SSSR count). The van der Waals surface area contributed by atoms with Crippen molar-refractivity contribution in [3.63, 3.8) is 0 Å². The van der Waals surface area contributed by atoms with Gasteiger partial charge in [-0.15, -0.1) is 0 Å². The lowest BCUT2D eigenvalue weighted by Gasteiger charge is -2.18. The van der Waals surface area contributed by atoms with E-state index in [1.807, 2.05) is 48.1 Å². The number of aromatic amines is 1. The maximum atomic E-state index is 12.4. The maximum Gasteiger partial charge on any atom is 0.268 e. The van der Waals surface area contributed by atoms with Gasteiger partial charge in [0.25, 0.3) is 5.91 Å². The first-order valence-electron chi connectivity index (χ1n) is 6.82. The van der Waals surface area contributed by atoms with Crippen molar-refractivity contribution in [2.45, 2.75) is 6.04 Å². The molecular weight excluding hydrogens is 300 g/mol. The average molecular weight is 315 g/mol. The molecule has 1 atom stereocenters. The van der Waals surface area contributed by atoms with Gasteiger partial charge in [-0.05, 0) is 11.6 Å². The van der Waals surface area contributed by atoms with E-state index in [4.69, 9.17) is 11.6 Å². The molecule has 0 radical (unpaired) electrons. The predicted octanol–water partition coefficient (Wildman–Crippen LogP) is 2.92. The maximum absolute atomic E-state index is 12.4. The van der Waals surface area contributed by atoms with Gasteiger partial charge in [-0.25, -0.2) is 4.98 Å². The molecule has 6 heteroatoms. The molecule has 0 saturated heterocycles. The second-order valence-electron chi connectivity index (χ2n) is 4.95. The number of halogens is 1. The number of rotatable bonds is 4. The van der Waals surface area contributed by atoms with Crippen molar-refractivity contribution in [2.75, 3.05) is 0 Å². The molecule has 22 heavy (non-hydrogen) atoms. The van der Waals surface area contributed by atoms with Crippen LogP contribution in [-0.4, -0.2) is 20.4 Å². The number of H-pyrrole nitrogens is 1. The summed E-state index contributed by atoms with van der Waals surface area (Å²) in [4.78, 5) is 19.6. The molecule has 2 N–H and O–H groups in total. The van der Waals surface area contributed by atoms with Crippen LogP contribution in [0.5, 0.6) is 0 Å². The zero-order chi connectivity index (χ0) is 15.5. The van der Waals surface area contributed by atoms with Crippen molar-refractivity contribution in [1.29, 1.82) is 0 Å². The number of carbonyl (C=O) groups is 1. The van der Waals surface area contributed by atoms with Gasteiger partial charge in [0.15, 0.2) is 0 Å². The van der Waals surface area contributed by atoms with Gasteiger partial charge in [0.05, 0.1) is 5.02 Å². The highest BCUT2D eigenvalue weighted by Gasteiger charge is 2.21. The lowest BCUT2D eigenvalue weighted by molar-refractivity contribution is 0.0936. The summed E-state index contributed by atoms with van der Waals surface area (Å²) >= 11 is 5.86. The fourth-order valence-electron chi connectivity index (χ4n) is 2.31. The SMILES string of the molecule is Cn1ccnc1C(NC(=O)c1cc(Cl)c[nH]1)c1ccccc1. The molecule has 0 bridgehead atoms. The molecule has 0 saturated carbocycles. The minimum Gasteiger partial charge on any atom is -0.356 e. The molecule has 1 unspecified atom stereocenters. The first-order chi connectivity index (χ1) is 10.6. The highest BCUT2D eigenvalue weighted by Crippen LogP contribution is 2.21. The van der Waals surface area contributed by atoms with Gasteiger partial charge in [0.1, 0.15) is 17.6 Å². The van der Waals surface area contributed by atoms with Gasteiger partial charge < -0.3 is 14.9 Å². The topological polar surface area (TPSA) is 62.7 Å². The predicted molar refractivity (Wildman–Crippen MR) is 84.8 cm³/mol. The number of nitrogens with zero attached hydrogens (tertiary/aromatic N) is 2. The van der Waals surface area contributed by atoms with Crippen molar-refractivity contribution in [1.82, 2.24) is 19.9 Å². The molecule has 0 fully saturated rings. The van der Waals surface area contributed by atoms with E-state index in [1.54, 1.807) is 18.5 Å². The minimum atomic E-state index is -0.337. The third-order valence-electron chi connectivity index (χ3n) is 3.42. The number of benzene rings is 1. The van der Waals surface area contributed by atoms with Gasteiger partial charge in [-0.3, -0.25) is 4.79 Å². The molecule has 0 spiro atoms. The Balaban J connectivity index is 1.93. The second kappa shape index (κ2) is 6.07. The first-order valence-corrected chi connectivity index (χ1v) is 7.20. The Kier molecular flexibility index (Phi) is 3.98. The summed E-state index contributed by atoms with van der Waals surface area (Å²) in [5, 5.41) is 3.49. The fourth-order valence-corrected chi connectivity index (χ4v) is 2.47. The normalized spacial score (nSPS) is 12.1. The Labute approximate surface area is 133 Å². The number of aryl methyl sites for hydroxylation is 1. The molecule has 1 aromatic carbocycles. The summed E-state index contributed by atoms with van der Waals surface area (Å²) in [6.07, 6.45) is 5.14. The van der Waals surface area contributed by atoms with Crippen molar-refractivity contribution in [2.24, 2.45) is 7.05 Å². The molecule has 0 aliphatic heterocycles. The molecule has 3 aromatic rings. The third kappa shape index (κ3) is 2.89. The van der Waals surface area contributed by atoms with Gasteiger partial charge in [-0.2, -0.15) is 0 Å². The van der Waals surface area contributed by atoms with Crippen molar-refractivity contribution < 1.29 is 4.79 Å². The van der Waals surface area contributed by atoms with Crippen LogP contribution >= 0.6 is 11.6 Å². The van der Waals surface area contributed by atoms with Crippen LogP contribution in [0.2, 0.25) is 5.02 Å². The quantitative estimate of drug-likeness (QED) is 0.777. The molecule has 0 aliphatic rings. The molecule has 0 aliphatic carbocycles. The van der Waals surface area contributed by atoms with Crippen LogP contribution in [0.15, 0.2) is 55.0 Å². The van der Waals surface area contributed by atoms with Gasteiger partial charge >= 0.3 is 0 Å². The van der Waals surface area contributed by atoms with Crippen molar-refractivity contribution in [3.8, 4) is 0 Å². The van der Waals surface area contributed by atoms with Crippen LogP contribution in [0.3, 0.4) is 0 Å². The molecule has 2 heterocycles. The summed E-state index contributed by atoms with van der Waals surface area (Å²) in [5.74, 6) is 0.529. The van der Waals surface area contributed by atoms with Crippen LogP contribution in [0.4, 0.5) is 0 Å². The van der Waals surface area contributed by atoms with E-state index < -0.39 is 0 Å². The Hall–Kier alpha value is -2.53. The smallest absolute Gasteiger partial charge is 0.268 e. The van der Waals surface area contributed by atoms with Gasteiger partial charge in [-0.1, -0.05) is 41.9 Å². The fraction of sp³-hybridized carbons (Fsp3) is 0.125. The Morgan fingerprint density at radius 3 is 2.73 bits per heavy atom. The lowest BCUT2D eigenvalue weighted by atomic mass is 10.1. The summed E-state index contributed by atoms with van der Waals surface area (Å²) in [6.45, 7) is 0. The number of imidazole rings is 1. The minimum absolute atomic E-state index is 0.233. The van der Waals surface area contributed by atoms with Crippen LogP contribution < -0.4 is 5.32 Å². The standard InChI is InChI=1S/C16H15ClN4O/c1-21-8-7-18-15(21)14(11-5-3-2-4-6-11)20-16(22)13-9-12(17)10-19-13/h2-10,14,19H,1H3,(H,20,22). The first kappa shape index (κ1) is 14.4. The van der Waals surface area contributed by atoms with Crippen molar-refractivity contribution in [3.05, 3.63) is 77.1 Å². The van der Waals surface area contributed by atoms with Crippen LogP contribution in [0.1, 0.15) is 27.9 Å². The Morgan fingerprint density at radius 2 is 2.14 bits per heavy atom. The highest BCUT2D eigenvalue weighted by molar-refractivity contribution is 6.30. The summed E-state index contributed by atoms with van der Waals surface area (Å²) in [7, 11) is 1.90. The monoisotopic (exact) mass is 314 g/mol. The van der Waals surface area contributed by atoms with Crippen LogP contribution in [0.25, 0.3) is 0 Å². The second-order valence-corrected chi connectivity index (χ2v) is 5.38. The summed E-state index contributed by atoms with van der Waals surface area (Å²) in [6, 6.07) is 11.0. The third-order valence-corrected chi connectivity index (χ3v) is 3.64. The van der Waals surface area contributed by atoms with E-state index in [-0.39, 0.29) is 11.9 Å². The molecular formula is C16H15ClN4O. The zero-order valence-electron chi connectivity index (χ0n) is 12.0. The molecule has 5 nitrogen and oxygen atoms in total. The number of hydrogen-bond acceptors (Lipinski definition) is 2. The molecule has 112 valence electrons. The van der Waals surface area contributed by atoms with E-state index in [0.29, 0.717) is 10.7 Å². The van der Waals surface area contributed by atoms with E-state index in [1.165, 1.54) is 0 Å². The van der Waals surface area contributed by atoms with E-state index in [9.17, 15) is 4.79 Å². The molecule has 1 amide bonds. The number of aromatic nitrogens is 3. The van der Waals surface area contributed by atoms with Gasteiger partial charge in [0.2, 0.25) is 0 Å².